The van der Waals surface area contributed by atoms with Crippen LogP contribution in [0.1, 0.15) is 39.5 Å². The van der Waals surface area contributed by atoms with E-state index in [-0.39, 0.29) is 60.1 Å². The number of aliphatic hydroxyl groups is 1. The Labute approximate surface area is 195 Å². The van der Waals surface area contributed by atoms with Crippen molar-refractivity contribution in [2.75, 3.05) is 34.1 Å². The van der Waals surface area contributed by atoms with E-state index in [9.17, 15) is 9.90 Å². The zero-order valence-corrected chi connectivity index (χ0v) is 20.1. The molecule has 0 amide bonds. The molecule has 0 unspecified atom stereocenters. The van der Waals surface area contributed by atoms with E-state index in [4.69, 9.17) is 23.7 Å². The summed E-state index contributed by atoms with van der Waals surface area (Å²) in [6.45, 7) is 5.78. The monoisotopic (exact) mass is 463 g/mol. The minimum atomic E-state index is -0.830. The zero-order chi connectivity index (χ0) is 22.9. The predicted octanol–water partition coefficient (Wildman–Crippen LogP) is 1.19. The summed E-state index contributed by atoms with van der Waals surface area (Å²) in [6.07, 6.45) is 2.50. The van der Waals surface area contributed by atoms with Crippen LogP contribution in [-0.2, 0) is 28.5 Å². The molecule has 2 heterocycles. The number of ether oxygens (including phenoxy) is 5. The fourth-order valence-corrected chi connectivity index (χ4v) is 11.1. The number of aliphatic hydroxyl groups excluding tert-OH is 1. The number of piperidine rings is 1. The summed E-state index contributed by atoms with van der Waals surface area (Å²) in [4.78, 5) is 15.2. The molecule has 8 heteroatoms. The summed E-state index contributed by atoms with van der Waals surface area (Å²) in [6, 6.07) is 0.0242. The maximum atomic E-state index is 12.6. The second-order valence-corrected chi connectivity index (χ2v) is 11.7. The van der Waals surface area contributed by atoms with E-state index in [1.165, 1.54) is 6.92 Å². The standard InChI is InChI=1S/C25H37NO7/c1-5-26-10-13-6-7-17(29-3)24-15-8-14-16(28)9-23(19(15)20(14)30-4)25(22(24)26,32-11-31-23)21(18(13)24)33-12(2)27/h13-22,28H,5-11H2,1-4H3/t13-,14+,15+,16-,17-,18-,19+,20-,21-,22-,23+,24-,25-/m0/s1. The van der Waals surface area contributed by atoms with Gasteiger partial charge >= 0.3 is 5.97 Å². The van der Waals surface area contributed by atoms with Crippen LogP contribution in [0.2, 0.25) is 0 Å². The Bertz CT molecular complexity index is 870. The minimum Gasteiger partial charge on any atom is -0.459 e. The Morgan fingerprint density at radius 2 is 2.00 bits per heavy atom. The molecule has 5 saturated carbocycles. The van der Waals surface area contributed by atoms with Crippen LogP contribution in [0.25, 0.3) is 0 Å². The summed E-state index contributed by atoms with van der Waals surface area (Å²) < 4.78 is 32.3. The average molecular weight is 464 g/mol. The Hall–Kier alpha value is -0.770. The fraction of sp³-hybridized carbons (Fsp3) is 0.960. The molecule has 2 saturated heterocycles. The van der Waals surface area contributed by atoms with Crippen LogP contribution in [0.15, 0.2) is 0 Å². The van der Waals surface area contributed by atoms with Crippen molar-refractivity contribution >= 4 is 5.97 Å². The molecule has 0 aromatic carbocycles. The van der Waals surface area contributed by atoms with E-state index in [0.717, 1.165) is 32.4 Å². The lowest BCUT2D eigenvalue weighted by Gasteiger charge is -2.67. The Morgan fingerprint density at radius 1 is 1.18 bits per heavy atom. The number of carbonyl (C=O) groups excluding carboxylic acids is 1. The van der Waals surface area contributed by atoms with Gasteiger partial charge in [-0.1, -0.05) is 6.92 Å². The first-order valence-corrected chi connectivity index (χ1v) is 12.8. The van der Waals surface area contributed by atoms with Crippen molar-refractivity contribution in [2.24, 2.45) is 35.0 Å². The number of esters is 1. The lowest BCUT2D eigenvalue weighted by atomic mass is 9.45. The van der Waals surface area contributed by atoms with Crippen LogP contribution in [-0.4, -0.2) is 91.7 Å². The van der Waals surface area contributed by atoms with Gasteiger partial charge in [-0.05, 0) is 37.6 Å². The molecule has 1 N–H and O–H groups in total. The summed E-state index contributed by atoms with van der Waals surface area (Å²) in [5.74, 6) is 0.749. The van der Waals surface area contributed by atoms with Gasteiger partial charge in [0.15, 0.2) is 5.60 Å². The van der Waals surface area contributed by atoms with Crippen molar-refractivity contribution in [2.45, 2.75) is 81.2 Å². The first kappa shape index (κ1) is 21.5. The molecule has 0 aromatic rings. The largest absolute Gasteiger partial charge is 0.459 e. The third-order valence-corrected chi connectivity index (χ3v) is 11.4. The molecule has 7 fully saturated rings. The van der Waals surface area contributed by atoms with Crippen molar-refractivity contribution in [1.29, 1.82) is 0 Å². The van der Waals surface area contributed by atoms with Crippen LogP contribution < -0.4 is 0 Å². The number of fused-ring (bicyclic) bond motifs is 1. The number of likely N-dealkylation sites (tertiary alicyclic amines) is 1. The van der Waals surface area contributed by atoms with Gasteiger partial charge in [-0.2, -0.15) is 0 Å². The molecular formula is C25H37NO7. The SMILES string of the molecule is CCN1C[C@@H]2CC[C@H](OC)[C@]34[C@@H]2[C@H](OC(C)=O)[C@]2(OCO[C@@]25C[C@H](O)[C@H]2C[C@@H]3[C@@H]5[C@H]2OC)[C@@H]14. The number of likely N-dealkylation sites (N-methyl/N-ethyl adjacent to an activating group) is 1. The van der Waals surface area contributed by atoms with Crippen molar-refractivity contribution in [3.05, 3.63) is 0 Å². The van der Waals surface area contributed by atoms with Crippen molar-refractivity contribution in [1.82, 2.24) is 4.90 Å². The van der Waals surface area contributed by atoms with Crippen molar-refractivity contribution in [3.8, 4) is 0 Å². The average Bonchev–Trinajstić information content (AvgIpc) is 3.37. The van der Waals surface area contributed by atoms with Crippen LogP contribution in [0.4, 0.5) is 0 Å². The smallest absolute Gasteiger partial charge is 0.303 e. The topological polar surface area (TPSA) is 86.7 Å². The molecule has 33 heavy (non-hydrogen) atoms. The van der Waals surface area contributed by atoms with Crippen LogP contribution in [0, 0.1) is 35.0 Å². The number of rotatable bonds is 4. The van der Waals surface area contributed by atoms with Gasteiger partial charge < -0.3 is 28.8 Å². The van der Waals surface area contributed by atoms with Gasteiger partial charge in [0, 0.05) is 57.3 Å². The van der Waals surface area contributed by atoms with E-state index >= 15 is 0 Å². The summed E-state index contributed by atoms with van der Waals surface area (Å²) in [7, 11) is 3.61. The van der Waals surface area contributed by atoms with E-state index in [2.05, 4.69) is 11.8 Å². The maximum Gasteiger partial charge on any atom is 0.303 e. The summed E-state index contributed by atoms with van der Waals surface area (Å²) in [5.41, 5.74) is -1.79. The van der Waals surface area contributed by atoms with Gasteiger partial charge in [-0.3, -0.25) is 9.69 Å². The fourth-order valence-electron chi connectivity index (χ4n) is 11.1. The number of nitrogens with zero attached hydrogens (tertiary/aromatic N) is 1. The first-order chi connectivity index (χ1) is 15.9. The third kappa shape index (κ3) is 2.04. The van der Waals surface area contributed by atoms with E-state index in [1.807, 2.05) is 7.11 Å². The highest BCUT2D eigenvalue weighted by Gasteiger charge is 2.93. The highest BCUT2D eigenvalue weighted by atomic mass is 16.7. The lowest BCUT2D eigenvalue weighted by Crippen LogP contribution is -2.80. The van der Waals surface area contributed by atoms with Gasteiger partial charge in [-0.15, -0.1) is 0 Å². The van der Waals surface area contributed by atoms with Crippen molar-refractivity contribution < 1.29 is 33.6 Å². The molecule has 184 valence electrons. The molecule has 5 aliphatic carbocycles. The van der Waals surface area contributed by atoms with Crippen molar-refractivity contribution in [3.63, 3.8) is 0 Å². The Kier molecular flexibility index (Phi) is 4.37. The second-order valence-electron chi connectivity index (χ2n) is 11.7. The van der Waals surface area contributed by atoms with Gasteiger partial charge in [0.2, 0.25) is 0 Å². The predicted molar refractivity (Wildman–Crippen MR) is 115 cm³/mol. The molecule has 7 bridgehead atoms. The summed E-state index contributed by atoms with van der Waals surface area (Å²) in [5, 5.41) is 11.4. The Balaban J connectivity index is 1.56. The molecule has 13 atom stereocenters. The zero-order valence-electron chi connectivity index (χ0n) is 20.1. The maximum absolute atomic E-state index is 12.6. The van der Waals surface area contributed by atoms with E-state index in [1.54, 1.807) is 7.11 Å². The number of hydrogen-bond donors (Lipinski definition) is 1. The molecule has 3 spiro atoms. The number of methoxy groups -OCH3 is 2. The van der Waals surface area contributed by atoms with Gasteiger partial charge in [0.25, 0.3) is 0 Å². The lowest BCUT2D eigenvalue weighted by molar-refractivity contribution is -0.274. The molecule has 2 aliphatic heterocycles. The highest BCUT2D eigenvalue weighted by molar-refractivity contribution is 5.67. The van der Waals surface area contributed by atoms with E-state index in [0.29, 0.717) is 12.3 Å². The second kappa shape index (κ2) is 6.71. The van der Waals surface area contributed by atoms with Gasteiger partial charge in [0.1, 0.15) is 18.5 Å². The van der Waals surface area contributed by atoms with E-state index < -0.39 is 23.4 Å². The molecule has 7 rings (SSSR count). The normalized spacial score (nSPS) is 60.0. The van der Waals surface area contributed by atoms with Crippen LogP contribution in [0.5, 0.6) is 0 Å². The van der Waals surface area contributed by atoms with Gasteiger partial charge in [0.05, 0.1) is 24.4 Å². The number of hydrogen-bond acceptors (Lipinski definition) is 8. The molecule has 7 aliphatic rings. The molecule has 8 nitrogen and oxygen atoms in total. The third-order valence-electron chi connectivity index (χ3n) is 11.4. The first-order valence-electron chi connectivity index (χ1n) is 12.8. The van der Waals surface area contributed by atoms with Crippen LogP contribution >= 0.6 is 0 Å². The molecular weight excluding hydrogens is 426 g/mol. The quantitative estimate of drug-likeness (QED) is 0.623. The Morgan fingerprint density at radius 3 is 2.70 bits per heavy atom. The number of carbonyl (C=O) groups is 1. The minimum absolute atomic E-state index is 0.0242. The molecule has 0 radical (unpaired) electrons. The van der Waals surface area contributed by atoms with Gasteiger partial charge in [-0.25, -0.2) is 0 Å². The summed E-state index contributed by atoms with van der Waals surface area (Å²) >= 11 is 0. The van der Waals surface area contributed by atoms with Crippen LogP contribution in [0.3, 0.4) is 0 Å². The highest BCUT2D eigenvalue weighted by Crippen LogP contribution is 2.81. The molecule has 0 aromatic heterocycles.